The summed E-state index contributed by atoms with van der Waals surface area (Å²) in [6, 6.07) is 1.94. The van der Waals surface area contributed by atoms with Gasteiger partial charge in [0.05, 0.1) is 0 Å². The van der Waals surface area contributed by atoms with Gasteiger partial charge in [-0.3, -0.25) is 0 Å². The molecule has 2 bridgehead atoms. The smallest absolute Gasteiger partial charge is 0.120 e. The largest absolute Gasteiger partial charge is 0.365 e. The SMILES string of the molecule is C[CH-]C1(C23CCCC([C-]4CCC(P)CC4)(CCC2)CC3)CCC(N2C(C)CC(CC)N2C(C)OC)CC1. The molecule has 1 saturated heterocycles. The Hall–Kier alpha value is 0.310. The highest BCUT2D eigenvalue weighted by Crippen LogP contribution is 2.66. The number of methoxy groups -OCH3 is 1. The van der Waals surface area contributed by atoms with Gasteiger partial charge in [-0.15, -0.1) is 14.7 Å². The summed E-state index contributed by atoms with van der Waals surface area (Å²) < 4.78 is 5.90. The summed E-state index contributed by atoms with van der Waals surface area (Å²) in [7, 11) is 5.01. The quantitative estimate of drug-likeness (QED) is 0.242. The van der Waals surface area contributed by atoms with Crippen molar-refractivity contribution >= 4 is 9.24 Å². The van der Waals surface area contributed by atoms with Crippen LogP contribution in [0.5, 0.6) is 0 Å². The summed E-state index contributed by atoms with van der Waals surface area (Å²) in [6.45, 7) is 9.53. The summed E-state index contributed by atoms with van der Waals surface area (Å²) in [5, 5.41) is 5.44. The fourth-order valence-electron chi connectivity index (χ4n) is 10.6. The first-order valence-electron chi connectivity index (χ1n) is 16.3. The molecule has 37 heavy (non-hydrogen) atoms. The third-order valence-corrected chi connectivity index (χ3v) is 13.5. The third kappa shape index (κ3) is 5.13. The maximum Gasteiger partial charge on any atom is 0.120 e. The molecule has 0 aromatic carbocycles. The molecule has 4 saturated carbocycles. The molecule has 4 atom stereocenters. The summed E-state index contributed by atoms with van der Waals surface area (Å²) >= 11 is 0. The number of hydrazine groups is 1. The summed E-state index contributed by atoms with van der Waals surface area (Å²) in [5.74, 6) is 2.00. The minimum absolute atomic E-state index is 0.175. The maximum absolute atomic E-state index is 5.90. The van der Waals surface area contributed by atoms with E-state index < -0.39 is 0 Å². The molecular weight excluding hydrogens is 471 g/mol. The van der Waals surface area contributed by atoms with E-state index in [9.17, 15) is 0 Å². The highest BCUT2D eigenvalue weighted by atomic mass is 31.0. The average Bonchev–Trinajstić information content (AvgIpc) is 3.03. The van der Waals surface area contributed by atoms with Crippen LogP contribution in [0, 0.1) is 28.6 Å². The second-order valence-corrected chi connectivity index (χ2v) is 15.1. The molecule has 4 unspecified atom stereocenters. The van der Waals surface area contributed by atoms with Gasteiger partial charge in [0.25, 0.3) is 0 Å². The Kier molecular flexibility index (Phi) is 9.08. The van der Waals surface area contributed by atoms with Crippen LogP contribution in [0.4, 0.5) is 0 Å². The van der Waals surface area contributed by atoms with Gasteiger partial charge in [0.1, 0.15) is 6.23 Å². The van der Waals surface area contributed by atoms with Gasteiger partial charge in [-0.25, -0.2) is 10.0 Å². The number of fused-ring (bicyclic) bond motifs is 3. The van der Waals surface area contributed by atoms with Crippen molar-refractivity contribution < 1.29 is 4.74 Å². The van der Waals surface area contributed by atoms with E-state index in [1.807, 2.05) is 13.0 Å². The van der Waals surface area contributed by atoms with Gasteiger partial charge in [0.2, 0.25) is 0 Å². The van der Waals surface area contributed by atoms with E-state index in [0.29, 0.717) is 34.4 Å². The summed E-state index contributed by atoms with van der Waals surface area (Å²) in [4.78, 5) is 0. The number of hydrogen-bond donors (Lipinski definition) is 0. The van der Waals surface area contributed by atoms with Crippen molar-refractivity contribution in [3.8, 4) is 0 Å². The molecule has 0 N–H and O–H groups in total. The third-order valence-electron chi connectivity index (χ3n) is 12.8. The Morgan fingerprint density at radius 2 is 1.62 bits per heavy atom. The fourth-order valence-corrected chi connectivity index (χ4v) is 10.9. The van der Waals surface area contributed by atoms with Gasteiger partial charge in [-0.2, -0.15) is 25.2 Å². The first-order valence-corrected chi connectivity index (χ1v) is 17.0. The summed E-state index contributed by atoms with van der Waals surface area (Å²) in [6.07, 6.45) is 28.6. The van der Waals surface area contributed by atoms with Gasteiger partial charge < -0.3 is 17.1 Å². The Bertz CT molecular complexity index is 731. The first kappa shape index (κ1) is 28.8. The van der Waals surface area contributed by atoms with Crippen molar-refractivity contribution in [3.05, 3.63) is 12.3 Å². The van der Waals surface area contributed by atoms with Crippen molar-refractivity contribution in [1.82, 2.24) is 10.0 Å². The molecule has 4 heteroatoms. The van der Waals surface area contributed by atoms with Gasteiger partial charge in [-0.1, -0.05) is 76.5 Å². The molecule has 4 aliphatic carbocycles. The predicted molar refractivity (Wildman–Crippen MR) is 160 cm³/mol. The van der Waals surface area contributed by atoms with Crippen molar-refractivity contribution in [1.29, 1.82) is 0 Å². The summed E-state index contributed by atoms with van der Waals surface area (Å²) in [5.41, 5.74) is 2.49. The zero-order valence-electron chi connectivity index (χ0n) is 25.1. The molecule has 0 spiro atoms. The van der Waals surface area contributed by atoms with Crippen LogP contribution in [0.15, 0.2) is 0 Å². The molecule has 0 aromatic rings. The van der Waals surface area contributed by atoms with E-state index in [2.05, 4.69) is 53.4 Å². The minimum atomic E-state index is 0.175. The molecule has 214 valence electrons. The lowest BCUT2D eigenvalue weighted by Gasteiger charge is -2.62. The van der Waals surface area contributed by atoms with E-state index in [1.165, 1.54) is 116 Å². The molecule has 0 aromatic heterocycles. The van der Waals surface area contributed by atoms with Crippen LogP contribution in [-0.4, -0.2) is 47.1 Å². The lowest BCUT2D eigenvalue weighted by Crippen LogP contribution is -2.56. The molecular formula is C33H59N2OP-2. The van der Waals surface area contributed by atoms with E-state index >= 15 is 0 Å². The normalized spacial score (nSPS) is 44.1. The molecule has 0 radical (unpaired) electrons. The number of nitrogens with zero attached hydrogens (tertiary/aromatic N) is 2. The second-order valence-electron chi connectivity index (χ2n) is 14.1. The van der Waals surface area contributed by atoms with Crippen molar-refractivity contribution in [2.75, 3.05) is 7.11 Å². The lowest BCUT2D eigenvalue weighted by atomic mass is 9.51. The second kappa shape index (κ2) is 11.7. The minimum Gasteiger partial charge on any atom is -0.365 e. The Morgan fingerprint density at radius 3 is 2.19 bits per heavy atom. The molecule has 1 heterocycles. The standard InChI is InChI=1S/C33H59N2OP/c1-6-28-24-25(3)34(35(28)26(4)36-5)29-14-20-32(7-2,21-15-29)33-18-8-16-31(22-23-33,17-9-19-33)27-10-12-30(37)13-11-27/h7,25-26,28-30H,6,8-24,37H2,1-5H3/q-2. The first-order chi connectivity index (χ1) is 17.8. The van der Waals surface area contributed by atoms with Crippen LogP contribution in [0.1, 0.15) is 143 Å². The van der Waals surface area contributed by atoms with Crippen LogP contribution in [-0.2, 0) is 4.74 Å². The van der Waals surface area contributed by atoms with Gasteiger partial charge >= 0.3 is 0 Å². The predicted octanol–water partition coefficient (Wildman–Crippen LogP) is 8.73. The van der Waals surface area contributed by atoms with Gasteiger partial charge in [-0.05, 0) is 58.0 Å². The molecule has 1 aliphatic heterocycles. The number of ether oxygens (including phenoxy) is 1. The monoisotopic (exact) mass is 530 g/mol. The Morgan fingerprint density at radius 1 is 0.973 bits per heavy atom. The van der Waals surface area contributed by atoms with Gasteiger partial charge in [0.15, 0.2) is 0 Å². The number of hydrogen-bond acceptors (Lipinski definition) is 3. The van der Waals surface area contributed by atoms with E-state index in [0.717, 1.165) is 5.66 Å². The molecule has 5 fully saturated rings. The van der Waals surface area contributed by atoms with Crippen molar-refractivity contribution in [3.63, 3.8) is 0 Å². The van der Waals surface area contributed by atoms with Crippen molar-refractivity contribution in [2.24, 2.45) is 16.2 Å². The zero-order valence-corrected chi connectivity index (χ0v) is 26.2. The fraction of sp³-hybridized carbons (Fsp3) is 0.939. The molecule has 3 nitrogen and oxygen atoms in total. The number of rotatable bonds is 7. The van der Waals surface area contributed by atoms with Crippen LogP contribution in [0.2, 0.25) is 0 Å². The molecule has 5 rings (SSSR count). The van der Waals surface area contributed by atoms with Crippen LogP contribution in [0.25, 0.3) is 0 Å². The highest BCUT2D eigenvalue weighted by Gasteiger charge is 2.51. The Labute approximate surface area is 232 Å². The van der Waals surface area contributed by atoms with Crippen LogP contribution >= 0.6 is 9.24 Å². The van der Waals surface area contributed by atoms with Crippen molar-refractivity contribution in [2.45, 2.75) is 173 Å². The Balaban J connectivity index is 1.31. The molecule has 0 amide bonds. The van der Waals surface area contributed by atoms with Crippen LogP contribution in [0.3, 0.4) is 0 Å². The highest BCUT2D eigenvalue weighted by molar-refractivity contribution is 7.17. The average molecular weight is 531 g/mol. The topological polar surface area (TPSA) is 15.7 Å². The maximum atomic E-state index is 5.90. The lowest BCUT2D eigenvalue weighted by molar-refractivity contribution is -0.175. The zero-order chi connectivity index (χ0) is 26.3. The molecule has 5 aliphatic rings. The van der Waals surface area contributed by atoms with Crippen LogP contribution < -0.4 is 0 Å². The van der Waals surface area contributed by atoms with E-state index in [-0.39, 0.29) is 6.23 Å². The van der Waals surface area contributed by atoms with Gasteiger partial charge in [0, 0.05) is 25.2 Å². The van der Waals surface area contributed by atoms with E-state index in [4.69, 9.17) is 4.74 Å². The van der Waals surface area contributed by atoms with E-state index in [1.54, 1.807) is 0 Å².